The fourth-order valence-corrected chi connectivity index (χ4v) is 3.25. The van der Waals surface area contributed by atoms with Crippen molar-refractivity contribution in [3.63, 3.8) is 0 Å². The van der Waals surface area contributed by atoms with Crippen molar-refractivity contribution in [1.29, 1.82) is 5.41 Å². The zero-order valence-corrected chi connectivity index (χ0v) is 19.3. The SMILES string of the molecule is Cc1ccncc1-c1cc(N)c2cnc(NC(=O)C(=O)N/C(C=N)=C/NCCOCCN)cc2c1. The Kier molecular flexibility index (Phi) is 8.82. The number of nitrogens with one attached hydrogen (secondary N) is 4. The molecule has 0 radical (unpaired) electrons. The molecule has 0 saturated carbocycles. The second-order valence-electron chi connectivity index (χ2n) is 7.55. The van der Waals surface area contributed by atoms with Gasteiger partial charge in [-0.05, 0) is 47.7 Å². The number of carbonyl (C=O) groups is 2. The van der Waals surface area contributed by atoms with Crippen LogP contribution in [0.15, 0.2) is 54.8 Å². The first-order valence-electron chi connectivity index (χ1n) is 10.9. The van der Waals surface area contributed by atoms with Crippen LogP contribution in [0.4, 0.5) is 11.5 Å². The summed E-state index contributed by atoms with van der Waals surface area (Å²) in [5, 5.41) is 16.6. The minimum Gasteiger partial charge on any atom is -0.398 e. The molecular formula is C24H28N8O3. The Morgan fingerprint density at radius 1 is 1.17 bits per heavy atom. The van der Waals surface area contributed by atoms with E-state index in [1.807, 2.05) is 25.1 Å². The number of anilines is 2. The first kappa shape index (κ1) is 25.3. The summed E-state index contributed by atoms with van der Waals surface area (Å²) in [6.45, 7) is 3.71. The number of pyridine rings is 2. The zero-order chi connectivity index (χ0) is 25.2. The number of ether oxygens (including phenoxy) is 1. The summed E-state index contributed by atoms with van der Waals surface area (Å²) in [6.07, 6.45) is 7.35. The van der Waals surface area contributed by atoms with Gasteiger partial charge in [-0.3, -0.25) is 14.6 Å². The van der Waals surface area contributed by atoms with Crippen LogP contribution >= 0.6 is 0 Å². The Bertz CT molecular complexity index is 1260. The van der Waals surface area contributed by atoms with Crippen LogP contribution in [0.5, 0.6) is 0 Å². The van der Waals surface area contributed by atoms with E-state index in [1.54, 1.807) is 18.5 Å². The molecule has 182 valence electrons. The third-order valence-corrected chi connectivity index (χ3v) is 4.99. The average Bonchev–Trinajstić information content (AvgIpc) is 2.85. The molecule has 0 aliphatic heterocycles. The van der Waals surface area contributed by atoms with Crippen LogP contribution in [0.3, 0.4) is 0 Å². The molecule has 2 aromatic heterocycles. The molecule has 0 spiro atoms. The molecule has 3 aromatic rings. The predicted molar refractivity (Wildman–Crippen MR) is 136 cm³/mol. The van der Waals surface area contributed by atoms with E-state index in [-0.39, 0.29) is 11.5 Å². The first-order chi connectivity index (χ1) is 16.9. The molecule has 0 aliphatic rings. The Balaban J connectivity index is 1.69. The molecule has 0 bridgehead atoms. The smallest absolute Gasteiger partial charge is 0.315 e. The number of aryl methyl sites for hydroxylation is 1. The maximum atomic E-state index is 12.4. The van der Waals surface area contributed by atoms with E-state index in [4.69, 9.17) is 21.6 Å². The normalized spacial score (nSPS) is 11.2. The summed E-state index contributed by atoms with van der Waals surface area (Å²) in [5.41, 5.74) is 15.1. The van der Waals surface area contributed by atoms with E-state index in [2.05, 4.69) is 25.9 Å². The second kappa shape index (κ2) is 12.2. The van der Waals surface area contributed by atoms with Crippen LogP contribution in [0.1, 0.15) is 5.56 Å². The third-order valence-electron chi connectivity index (χ3n) is 4.99. The summed E-state index contributed by atoms with van der Waals surface area (Å²) in [7, 11) is 0. The Labute approximate surface area is 202 Å². The second-order valence-corrected chi connectivity index (χ2v) is 7.55. The average molecular weight is 477 g/mol. The summed E-state index contributed by atoms with van der Waals surface area (Å²) < 4.78 is 5.22. The number of allylic oxidation sites excluding steroid dienone is 1. The number of fused-ring (bicyclic) bond motifs is 1. The van der Waals surface area contributed by atoms with Gasteiger partial charge in [0.1, 0.15) is 5.82 Å². The van der Waals surface area contributed by atoms with E-state index in [1.165, 1.54) is 12.4 Å². The van der Waals surface area contributed by atoms with Gasteiger partial charge in [-0.25, -0.2) is 4.98 Å². The number of nitrogens with two attached hydrogens (primary N) is 2. The number of carbonyl (C=O) groups excluding carboxylic acids is 2. The molecule has 11 nitrogen and oxygen atoms in total. The van der Waals surface area contributed by atoms with Gasteiger partial charge in [0.15, 0.2) is 0 Å². The van der Waals surface area contributed by atoms with Gasteiger partial charge in [0.05, 0.1) is 18.9 Å². The Hall–Kier alpha value is -4.35. The van der Waals surface area contributed by atoms with Gasteiger partial charge in [-0.15, -0.1) is 0 Å². The Morgan fingerprint density at radius 2 is 2.00 bits per heavy atom. The standard InChI is InChI=1S/C24H28N8O3/c1-15-2-4-28-13-19(15)16-8-17-10-22(30-14-20(17)21(27)9-16)32-24(34)23(33)31-18(11-26)12-29-5-7-35-6-3-25/h2,4,8-14,26,29H,3,5-7,25,27H2,1H3,(H,31,33)(H,30,32,34)/b18-12+,26-11?. The van der Waals surface area contributed by atoms with Crippen LogP contribution < -0.4 is 27.4 Å². The number of rotatable bonds is 10. The van der Waals surface area contributed by atoms with Crippen molar-refractivity contribution in [3.8, 4) is 11.1 Å². The fourth-order valence-electron chi connectivity index (χ4n) is 3.25. The van der Waals surface area contributed by atoms with E-state index >= 15 is 0 Å². The van der Waals surface area contributed by atoms with Crippen molar-refractivity contribution in [3.05, 3.63) is 60.3 Å². The molecule has 0 aliphatic carbocycles. The molecule has 0 saturated heterocycles. The summed E-state index contributed by atoms with van der Waals surface area (Å²) in [5.74, 6) is -1.68. The van der Waals surface area contributed by atoms with Gasteiger partial charge >= 0.3 is 11.8 Å². The van der Waals surface area contributed by atoms with Gasteiger partial charge in [0.2, 0.25) is 0 Å². The molecule has 3 rings (SSSR count). The number of hydrogen-bond acceptors (Lipinski definition) is 9. The minimum absolute atomic E-state index is 0.111. The molecule has 0 atom stereocenters. The lowest BCUT2D eigenvalue weighted by Crippen LogP contribution is -2.36. The van der Waals surface area contributed by atoms with Crippen molar-refractivity contribution in [2.45, 2.75) is 6.92 Å². The number of hydrogen-bond donors (Lipinski definition) is 6. The highest BCUT2D eigenvalue weighted by Gasteiger charge is 2.16. The van der Waals surface area contributed by atoms with Crippen molar-refractivity contribution in [2.75, 3.05) is 37.4 Å². The van der Waals surface area contributed by atoms with Crippen LogP contribution in [0.25, 0.3) is 21.9 Å². The van der Waals surface area contributed by atoms with E-state index in [9.17, 15) is 9.59 Å². The van der Waals surface area contributed by atoms with E-state index in [0.717, 1.165) is 28.3 Å². The number of benzene rings is 1. The number of nitrogens with zero attached hydrogens (tertiary/aromatic N) is 2. The maximum Gasteiger partial charge on any atom is 0.315 e. The lowest BCUT2D eigenvalue weighted by molar-refractivity contribution is -0.135. The Morgan fingerprint density at radius 3 is 2.74 bits per heavy atom. The molecule has 2 heterocycles. The first-order valence-corrected chi connectivity index (χ1v) is 10.9. The van der Waals surface area contributed by atoms with Crippen LogP contribution in [-0.2, 0) is 14.3 Å². The third kappa shape index (κ3) is 6.82. The maximum absolute atomic E-state index is 12.4. The molecule has 2 amide bonds. The predicted octanol–water partition coefficient (Wildman–Crippen LogP) is 1.30. The molecule has 35 heavy (non-hydrogen) atoms. The fraction of sp³-hybridized carbons (Fsp3) is 0.208. The zero-order valence-electron chi connectivity index (χ0n) is 19.3. The number of amides is 2. The van der Waals surface area contributed by atoms with Gasteiger partial charge < -0.3 is 37.6 Å². The molecule has 0 unspecified atom stereocenters. The van der Waals surface area contributed by atoms with Gasteiger partial charge in [0, 0.05) is 60.7 Å². The lowest BCUT2D eigenvalue weighted by Gasteiger charge is -2.11. The molecule has 11 heteroatoms. The summed E-state index contributed by atoms with van der Waals surface area (Å²) in [4.78, 5) is 33.1. The van der Waals surface area contributed by atoms with Crippen LogP contribution in [-0.4, -0.2) is 54.3 Å². The monoisotopic (exact) mass is 476 g/mol. The highest BCUT2D eigenvalue weighted by atomic mass is 16.5. The minimum atomic E-state index is -0.943. The van der Waals surface area contributed by atoms with Crippen molar-refractivity contribution in [1.82, 2.24) is 20.6 Å². The molecular weight excluding hydrogens is 448 g/mol. The quantitative estimate of drug-likeness (QED) is 0.110. The van der Waals surface area contributed by atoms with Crippen LogP contribution in [0.2, 0.25) is 0 Å². The molecule has 1 aromatic carbocycles. The van der Waals surface area contributed by atoms with E-state index in [0.29, 0.717) is 37.4 Å². The highest BCUT2D eigenvalue weighted by molar-refractivity contribution is 6.40. The highest BCUT2D eigenvalue weighted by Crippen LogP contribution is 2.31. The lowest BCUT2D eigenvalue weighted by atomic mass is 9.99. The topological polar surface area (TPSA) is 181 Å². The van der Waals surface area contributed by atoms with Crippen molar-refractivity contribution in [2.24, 2.45) is 5.73 Å². The van der Waals surface area contributed by atoms with Crippen molar-refractivity contribution >= 4 is 40.3 Å². The number of nitrogen functional groups attached to an aromatic ring is 1. The van der Waals surface area contributed by atoms with Gasteiger partial charge in [0.25, 0.3) is 0 Å². The van der Waals surface area contributed by atoms with Crippen molar-refractivity contribution < 1.29 is 14.3 Å². The summed E-state index contributed by atoms with van der Waals surface area (Å²) in [6, 6.07) is 7.33. The van der Waals surface area contributed by atoms with Gasteiger partial charge in [-0.1, -0.05) is 0 Å². The largest absolute Gasteiger partial charge is 0.398 e. The van der Waals surface area contributed by atoms with Crippen LogP contribution in [0, 0.1) is 12.3 Å². The van der Waals surface area contributed by atoms with E-state index < -0.39 is 11.8 Å². The number of aromatic nitrogens is 2. The molecule has 0 fully saturated rings. The molecule has 8 N–H and O–H groups in total. The van der Waals surface area contributed by atoms with Gasteiger partial charge in [-0.2, -0.15) is 0 Å². The summed E-state index contributed by atoms with van der Waals surface area (Å²) >= 11 is 0.